The smallest absolute Gasteiger partial charge is 0.288 e. The second kappa shape index (κ2) is 5.13. The zero-order valence-corrected chi connectivity index (χ0v) is 10.1. The molecule has 0 saturated heterocycles. The summed E-state index contributed by atoms with van der Waals surface area (Å²) in [7, 11) is 0. The van der Waals surface area contributed by atoms with E-state index in [1.165, 1.54) is 18.2 Å². The third kappa shape index (κ3) is 3.34. The number of carbonyl (C=O) groups is 1. The van der Waals surface area contributed by atoms with Gasteiger partial charge in [-0.05, 0) is 40.2 Å². The van der Waals surface area contributed by atoms with Crippen LogP contribution in [0.25, 0.3) is 6.08 Å². The number of rotatable bonds is 3. The van der Waals surface area contributed by atoms with E-state index < -0.39 is 17.9 Å². The van der Waals surface area contributed by atoms with E-state index in [4.69, 9.17) is 0 Å². The molecule has 0 spiro atoms. The van der Waals surface area contributed by atoms with Crippen LogP contribution < -0.4 is 0 Å². The molecule has 1 aromatic heterocycles. The highest BCUT2D eigenvalue weighted by atomic mass is 79.9. The van der Waals surface area contributed by atoms with Crippen LogP contribution in [0.2, 0.25) is 0 Å². The summed E-state index contributed by atoms with van der Waals surface area (Å²) in [5.74, 6) is -7.73. The first-order valence-corrected chi connectivity index (χ1v) is 5.23. The van der Waals surface area contributed by atoms with Crippen molar-refractivity contribution in [1.29, 1.82) is 0 Å². The molecule has 0 unspecified atom stereocenters. The molecule has 18 heavy (non-hydrogen) atoms. The van der Waals surface area contributed by atoms with E-state index in [2.05, 4.69) is 20.9 Å². The van der Waals surface area contributed by atoms with E-state index in [-0.39, 0.29) is 11.8 Å². The second-order valence-electron chi connectivity index (χ2n) is 3.15. The summed E-state index contributed by atoms with van der Waals surface area (Å²) in [6.07, 6.45) is -4.96. The zero-order chi connectivity index (χ0) is 14.0. The number of hydrogen-bond donors (Lipinski definition) is 0. The molecule has 1 rings (SSSR count). The van der Waals surface area contributed by atoms with Crippen molar-refractivity contribution in [2.24, 2.45) is 0 Å². The van der Waals surface area contributed by atoms with Gasteiger partial charge in [0.2, 0.25) is 5.78 Å². The number of allylic oxidation sites excluding steroid dienone is 1. The Morgan fingerprint density at radius 3 is 2.33 bits per heavy atom. The van der Waals surface area contributed by atoms with E-state index in [0.717, 1.165) is 6.08 Å². The lowest BCUT2D eigenvalue weighted by molar-refractivity contribution is -0.266. The summed E-state index contributed by atoms with van der Waals surface area (Å²) < 4.78 is 61.0. The molecule has 1 heterocycles. The van der Waals surface area contributed by atoms with Crippen LogP contribution in [0.15, 0.2) is 28.9 Å². The van der Waals surface area contributed by atoms with Gasteiger partial charge in [0.15, 0.2) is 0 Å². The molecular formula is C10H5BrF5NO. The van der Waals surface area contributed by atoms with Gasteiger partial charge in [0.25, 0.3) is 0 Å². The molecule has 0 aliphatic carbocycles. The first-order chi connectivity index (χ1) is 8.14. The fourth-order valence-corrected chi connectivity index (χ4v) is 1.28. The van der Waals surface area contributed by atoms with E-state index in [1.54, 1.807) is 0 Å². The minimum absolute atomic E-state index is 0.0794. The van der Waals surface area contributed by atoms with Crippen molar-refractivity contribution in [2.75, 3.05) is 0 Å². The van der Waals surface area contributed by atoms with Gasteiger partial charge in [-0.25, -0.2) is 4.98 Å². The Morgan fingerprint density at radius 1 is 1.22 bits per heavy atom. The van der Waals surface area contributed by atoms with Crippen molar-refractivity contribution in [1.82, 2.24) is 4.98 Å². The number of alkyl halides is 5. The Morgan fingerprint density at radius 2 is 1.83 bits per heavy atom. The maximum absolute atomic E-state index is 12.6. The number of hydrogen-bond acceptors (Lipinski definition) is 2. The first kappa shape index (κ1) is 14.7. The van der Waals surface area contributed by atoms with Crippen molar-refractivity contribution in [3.05, 3.63) is 34.6 Å². The Kier molecular flexibility index (Phi) is 4.20. The van der Waals surface area contributed by atoms with Gasteiger partial charge in [0, 0.05) is 0 Å². The number of carbonyl (C=O) groups excluding carboxylic acids is 1. The molecule has 0 atom stereocenters. The lowest BCUT2D eigenvalue weighted by Gasteiger charge is -2.15. The van der Waals surface area contributed by atoms with Gasteiger partial charge in [-0.3, -0.25) is 4.79 Å². The quantitative estimate of drug-likeness (QED) is 0.481. The van der Waals surface area contributed by atoms with E-state index in [9.17, 15) is 26.7 Å². The van der Waals surface area contributed by atoms with Crippen LogP contribution in [-0.4, -0.2) is 22.9 Å². The highest BCUT2D eigenvalue weighted by Crippen LogP contribution is 2.36. The Balaban J connectivity index is 2.89. The topological polar surface area (TPSA) is 30.0 Å². The SMILES string of the molecule is O=C(/C=C/c1cccc(Br)n1)C(F)(F)C(F)(F)F. The van der Waals surface area contributed by atoms with Gasteiger partial charge >= 0.3 is 12.1 Å². The van der Waals surface area contributed by atoms with E-state index in [1.807, 2.05) is 0 Å². The summed E-state index contributed by atoms with van der Waals surface area (Å²) in [6, 6.07) is 4.37. The minimum atomic E-state index is -5.90. The van der Waals surface area contributed by atoms with E-state index >= 15 is 0 Å². The van der Waals surface area contributed by atoms with E-state index in [0.29, 0.717) is 4.60 Å². The predicted molar refractivity (Wildman–Crippen MR) is 57.0 cm³/mol. The molecule has 0 fully saturated rings. The zero-order valence-electron chi connectivity index (χ0n) is 8.51. The summed E-state index contributed by atoms with van der Waals surface area (Å²) in [5.41, 5.74) is 0.0794. The first-order valence-electron chi connectivity index (χ1n) is 4.44. The monoisotopic (exact) mass is 329 g/mol. The van der Waals surface area contributed by atoms with Gasteiger partial charge < -0.3 is 0 Å². The number of ketones is 1. The molecule has 0 aliphatic heterocycles. The lowest BCUT2D eigenvalue weighted by Crippen LogP contribution is -2.43. The second-order valence-corrected chi connectivity index (χ2v) is 3.97. The highest BCUT2D eigenvalue weighted by Gasteiger charge is 2.62. The molecular weight excluding hydrogens is 325 g/mol. The molecule has 0 amide bonds. The number of halogens is 6. The molecule has 1 aromatic rings. The molecule has 0 aromatic carbocycles. The maximum atomic E-state index is 12.6. The van der Waals surface area contributed by atoms with Crippen molar-refractivity contribution in [2.45, 2.75) is 12.1 Å². The molecule has 0 saturated carbocycles. The van der Waals surface area contributed by atoms with Crippen LogP contribution in [0.5, 0.6) is 0 Å². The van der Waals surface area contributed by atoms with Crippen molar-refractivity contribution < 1.29 is 26.7 Å². The van der Waals surface area contributed by atoms with Gasteiger partial charge in [-0.15, -0.1) is 0 Å². The normalized spacial score (nSPS) is 13.0. The van der Waals surface area contributed by atoms with Crippen molar-refractivity contribution in [3.8, 4) is 0 Å². The molecule has 0 radical (unpaired) electrons. The minimum Gasteiger partial charge on any atom is -0.288 e. The lowest BCUT2D eigenvalue weighted by atomic mass is 10.2. The summed E-state index contributed by atoms with van der Waals surface area (Å²) in [5, 5.41) is 0. The number of nitrogens with zero attached hydrogens (tertiary/aromatic N) is 1. The van der Waals surface area contributed by atoms with Crippen molar-refractivity contribution in [3.63, 3.8) is 0 Å². The molecule has 2 nitrogen and oxygen atoms in total. The number of aromatic nitrogens is 1. The standard InChI is InChI=1S/C10H5BrF5NO/c11-8-3-1-2-6(17-8)4-5-7(18)9(12,13)10(14,15)16/h1-5H/b5-4+. The average Bonchev–Trinajstić information content (AvgIpc) is 2.24. The number of pyridine rings is 1. The molecule has 0 bridgehead atoms. The third-order valence-electron chi connectivity index (χ3n) is 1.81. The van der Waals surface area contributed by atoms with Crippen LogP contribution in [0.3, 0.4) is 0 Å². The molecule has 0 N–H and O–H groups in total. The van der Waals surface area contributed by atoms with Crippen LogP contribution in [-0.2, 0) is 4.79 Å². The molecule has 0 aliphatic rings. The van der Waals surface area contributed by atoms with Crippen LogP contribution in [0.1, 0.15) is 5.69 Å². The largest absolute Gasteiger partial charge is 0.461 e. The Labute approximate surface area is 107 Å². The third-order valence-corrected chi connectivity index (χ3v) is 2.25. The fraction of sp³-hybridized carbons (Fsp3) is 0.200. The van der Waals surface area contributed by atoms with Gasteiger partial charge in [-0.2, -0.15) is 22.0 Å². The van der Waals surface area contributed by atoms with Crippen LogP contribution in [0.4, 0.5) is 22.0 Å². The van der Waals surface area contributed by atoms with Crippen LogP contribution >= 0.6 is 15.9 Å². The Bertz CT molecular complexity index is 483. The molecule has 98 valence electrons. The predicted octanol–water partition coefficient (Wildman–Crippen LogP) is 3.62. The van der Waals surface area contributed by atoms with Gasteiger partial charge in [0.1, 0.15) is 4.60 Å². The van der Waals surface area contributed by atoms with Crippen LogP contribution in [0, 0.1) is 0 Å². The van der Waals surface area contributed by atoms with Gasteiger partial charge in [-0.1, -0.05) is 6.07 Å². The average molecular weight is 330 g/mol. The molecule has 8 heteroatoms. The van der Waals surface area contributed by atoms with Crippen molar-refractivity contribution >= 4 is 27.8 Å². The summed E-state index contributed by atoms with van der Waals surface area (Å²) in [4.78, 5) is 14.5. The summed E-state index contributed by atoms with van der Waals surface area (Å²) >= 11 is 2.98. The fourth-order valence-electron chi connectivity index (χ4n) is 0.922. The highest BCUT2D eigenvalue weighted by molar-refractivity contribution is 9.10. The maximum Gasteiger partial charge on any atom is 0.461 e. The summed E-state index contributed by atoms with van der Waals surface area (Å²) in [6.45, 7) is 0. The Hall–Kier alpha value is -1.31. The van der Waals surface area contributed by atoms with Gasteiger partial charge in [0.05, 0.1) is 5.69 Å².